The monoisotopic (exact) mass is 417 g/mol. The Morgan fingerprint density at radius 3 is 2.39 bits per heavy atom. The molecule has 0 radical (unpaired) electrons. The Labute approximate surface area is 181 Å². The van der Waals surface area contributed by atoms with Gasteiger partial charge in [-0.25, -0.2) is 4.98 Å². The topological polar surface area (TPSA) is 85.8 Å². The highest BCUT2D eigenvalue weighted by Gasteiger charge is 2.21. The van der Waals surface area contributed by atoms with Gasteiger partial charge in [-0.05, 0) is 38.5 Å². The molecule has 160 valence electrons. The van der Waals surface area contributed by atoms with Crippen molar-refractivity contribution in [1.29, 1.82) is 0 Å². The molecule has 1 atom stereocenters. The summed E-state index contributed by atoms with van der Waals surface area (Å²) in [5.74, 6) is 1.96. The Kier molecular flexibility index (Phi) is 5.35. The second-order valence-electron chi connectivity index (χ2n) is 8.32. The van der Waals surface area contributed by atoms with Gasteiger partial charge in [0, 0.05) is 24.1 Å². The minimum Gasteiger partial charge on any atom is -0.341 e. The molecular formula is C24H27N5O2. The number of aromatic nitrogens is 4. The number of amides is 1. The zero-order valence-corrected chi connectivity index (χ0v) is 18.7. The molecule has 0 spiro atoms. The molecule has 0 aliphatic rings. The standard InChI is InChI=1S/C24H27N5O2/c1-13(2)22-27-21-19(17-9-7-14(3)8-10-17)11-18(12-20(21)29(22)6)23(30)25-15(4)24-26-16(5)28-31-24/h7-13,15H,1-6H3,(H,25,30). The number of nitrogens with zero attached hydrogens (tertiary/aromatic N) is 4. The lowest BCUT2D eigenvalue weighted by molar-refractivity contribution is 0.0932. The van der Waals surface area contributed by atoms with Crippen molar-refractivity contribution in [2.45, 2.75) is 46.6 Å². The molecule has 0 aliphatic carbocycles. The summed E-state index contributed by atoms with van der Waals surface area (Å²) in [4.78, 5) is 22.3. The van der Waals surface area contributed by atoms with Crippen LogP contribution in [-0.2, 0) is 7.05 Å². The quantitative estimate of drug-likeness (QED) is 0.501. The van der Waals surface area contributed by atoms with Gasteiger partial charge in [0.2, 0.25) is 5.89 Å². The molecule has 0 saturated heterocycles. The molecule has 2 aromatic carbocycles. The van der Waals surface area contributed by atoms with Gasteiger partial charge in [0.1, 0.15) is 11.9 Å². The highest BCUT2D eigenvalue weighted by atomic mass is 16.5. The Morgan fingerprint density at radius 1 is 1.06 bits per heavy atom. The Hall–Kier alpha value is -3.48. The van der Waals surface area contributed by atoms with E-state index in [1.165, 1.54) is 5.56 Å². The minimum atomic E-state index is -0.398. The van der Waals surface area contributed by atoms with E-state index in [0.29, 0.717) is 17.3 Å². The summed E-state index contributed by atoms with van der Waals surface area (Å²) >= 11 is 0. The van der Waals surface area contributed by atoms with Crippen molar-refractivity contribution < 1.29 is 9.32 Å². The molecule has 0 saturated carbocycles. The number of imidazole rings is 1. The van der Waals surface area contributed by atoms with E-state index in [4.69, 9.17) is 9.51 Å². The van der Waals surface area contributed by atoms with Gasteiger partial charge in [0.15, 0.2) is 5.82 Å². The lowest BCUT2D eigenvalue weighted by Crippen LogP contribution is -2.27. The van der Waals surface area contributed by atoms with E-state index in [2.05, 4.69) is 65.1 Å². The van der Waals surface area contributed by atoms with Crippen molar-refractivity contribution in [2.75, 3.05) is 0 Å². The molecule has 0 fully saturated rings. The van der Waals surface area contributed by atoms with E-state index >= 15 is 0 Å². The van der Waals surface area contributed by atoms with E-state index in [-0.39, 0.29) is 11.8 Å². The summed E-state index contributed by atoms with van der Waals surface area (Å²) in [7, 11) is 2.00. The number of rotatable bonds is 5. The molecule has 0 aliphatic heterocycles. The van der Waals surface area contributed by atoms with Gasteiger partial charge in [0.05, 0.1) is 11.0 Å². The Balaban J connectivity index is 1.80. The van der Waals surface area contributed by atoms with Gasteiger partial charge < -0.3 is 14.4 Å². The lowest BCUT2D eigenvalue weighted by Gasteiger charge is -2.12. The summed E-state index contributed by atoms with van der Waals surface area (Å²) in [5, 5.41) is 6.76. The van der Waals surface area contributed by atoms with Crippen LogP contribution in [0.4, 0.5) is 0 Å². The zero-order valence-electron chi connectivity index (χ0n) is 18.7. The number of carbonyl (C=O) groups excluding carboxylic acids is 1. The molecule has 4 rings (SSSR count). The van der Waals surface area contributed by atoms with Gasteiger partial charge in [-0.1, -0.05) is 48.8 Å². The molecule has 1 amide bonds. The van der Waals surface area contributed by atoms with Crippen LogP contribution in [0.2, 0.25) is 0 Å². The fourth-order valence-corrected chi connectivity index (χ4v) is 3.74. The molecule has 2 aromatic heterocycles. The van der Waals surface area contributed by atoms with Crippen LogP contribution in [0.1, 0.15) is 66.2 Å². The predicted octanol–water partition coefficient (Wildman–Crippen LogP) is 4.85. The number of hydrogen-bond acceptors (Lipinski definition) is 5. The molecule has 0 bridgehead atoms. The van der Waals surface area contributed by atoms with E-state index < -0.39 is 6.04 Å². The van der Waals surface area contributed by atoms with Crippen molar-refractivity contribution in [3.8, 4) is 11.1 Å². The van der Waals surface area contributed by atoms with Crippen LogP contribution in [-0.4, -0.2) is 25.6 Å². The van der Waals surface area contributed by atoms with Crippen molar-refractivity contribution in [3.63, 3.8) is 0 Å². The van der Waals surface area contributed by atoms with Gasteiger partial charge in [-0.3, -0.25) is 4.79 Å². The van der Waals surface area contributed by atoms with Crippen molar-refractivity contribution in [1.82, 2.24) is 25.0 Å². The summed E-state index contributed by atoms with van der Waals surface area (Å²) in [6.45, 7) is 9.87. The first-order valence-corrected chi connectivity index (χ1v) is 10.4. The van der Waals surface area contributed by atoms with Gasteiger partial charge >= 0.3 is 0 Å². The third kappa shape index (κ3) is 3.95. The highest BCUT2D eigenvalue weighted by molar-refractivity contribution is 6.03. The van der Waals surface area contributed by atoms with Crippen molar-refractivity contribution in [3.05, 3.63) is 65.1 Å². The third-order valence-corrected chi connectivity index (χ3v) is 5.42. The minimum absolute atomic E-state index is 0.203. The van der Waals surface area contributed by atoms with E-state index in [1.54, 1.807) is 6.92 Å². The van der Waals surface area contributed by atoms with Gasteiger partial charge in [-0.2, -0.15) is 4.98 Å². The smallest absolute Gasteiger partial charge is 0.252 e. The van der Waals surface area contributed by atoms with Crippen LogP contribution in [0.3, 0.4) is 0 Å². The molecule has 2 heterocycles. The van der Waals surface area contributed by atoms with Crippen LogP contribution >= 0.6 is 0 Å². The first-order chi connectivity index (χ1) is 14.7. The summed E-state index contributed by atoms with van der Waals surface area (Å²) < 4.78 is 7.26. The SMILES string of the molecule is Cc1ccc(-c2cc(C(=O)NC(C)c3nc(C)no3)cc3c2nc(C(C)C)n3C)cc1. The summed E-state index contributed by atoms with van der Waals surface area (Å²) in [5.41, 5.74) is 5.52. The number of benzene rings is 2. The van der Waals surface area contributed by atoms with Crippen molar-refractivity contribution >= 4 is 16.9 Å². The van der Waals surface area contributed by atoms with Gasteiger partial charge in [0.25, 0.3) is 5.91 Å². The van der Waals surface area contributed by atoms with Crippen LogP contribution in [0.25, 0.3) is 22.2 Å². The normalized spacial score (nSPS) is 12.5. The second kappa shape index (κ2) is 7.98. The van der Waals surface area contributed by atoms with Gasteiger partial charge in [-0.15, -0.1) is 0 Å². The molecule has 7 nitrogen and oxygen atoms in total. The third-order valence-electron chi connectivity index (χ3n) is 5.42. The average molecular weight is 418 g/mol. The zero-order chi connectivity index (χ0) is 22.3. The van der Waals surface area contributed by atoms with E-state index in [0.717, 1.165) is 28.0 Å². The average Bonchev–Trinajstić information content (AvgIpc) is 3.31. The number of fused-ring (bicyclic) bond motifs is 1. The Bertz CT molecular complexity index is 1250. The highest BCUT2D eigenvalue weighted by Crippen LogP contribution is 2.32. The summed E-state index contributed by atoms with van der Waals surface area (Å²) in [6.07, 6.45) is 0. The molecule has 7 heteroatoms. The fourth-order valence-electron chi connectivity index (χ4n) is 3.74. The number of carbonyl (C=O) groups is 1. The van der Waals surface area contributed by atoms with Crippen molar-refractivity contribution in [2.24, 2.45) is 7.05 Å². The molecule has 4 aromatic rings. The van der Waals surface area contributed by atoms with E-state index in [1.807, 2.05) is 26.1 Å². The number of hydrogen-bond donors (Lipinski definition) is 1. The first-order valence-electron chi connectivity index (χ1n) is 10.4. The fraction of sp³-hybridized carbons (Fsp3) is 0.333. The number of nitrogens with one attached hydrogen (secondary N) is 1. The molecule has 31 heavy (non-hydrogen) atoms. The summed E-state index contributed by atoms with van der Waals surface area (Å²) in [6, 6.07) is 11.7. The lowest BCUT2D eigenvalue weighted by atomic mass is 9.99. The molecular weight excluding hydrogens is 390 g/mol. The maximum absolute atomic E-state index is 13.1. The first kappa shape index (κ1) is 20.8. The number of aryl methyl sites for hydroxylation is 3. The molecule has 1 N–H and O–H groups in total. The second-order valence-corrected chi connectivity index (χ2v) is 8.32. The van der Waals surface area contributed by atoms with Crippen LogP contribution in [0.5, 0.6) is 0 Å². The molecule has 1 unspecified atom stereocenters. The van der Waals surface area contributed by atoms with E-state index in [9.17, 15) is 4.79 Å². The maximum atomic E-state index is 13.1. The van der Waals surface area contributed by atoms with Crippen LogP contribution < -0.4 is 5.32 Å². The van der Waals surface area contributed by atoms with Crippen LogP contribution in [0, 0.1) is 13.8 Å². The predicted molar refractivity (Wildman–Crippen MR) is 120 cm³/mol. The maximum Gasteiger partial charge on any atom is 0.252 e. The largest absolute Gasteiger partial charge is 0.341 e. The Morgan fingerprint density at radius 2 is 1.77 bits per heavy atom. The van der Waals surface area contributed by atoms with Crippen LogP contribution in [0.15, 0.2) is 40.9 Å².